The largest absolute Gasteiger partial charge is 0.493 e. The second-order valence-corrected chi connectivity index (χ2v) is 10.3. The van der Waals surface area contributed by atoms with E-state index in [1.807, 2.05) is 0 Å². The van der Waals surface area contributed by atoms with E-state index in [9.17, 15) is 16.8 Å². The number of hydrogen-bond acceptors (Lipinski definition) is 6. The van der Waals surface area contributed by atoms with Crippen molar-refractivity contribution in [2.75, 3.05) is 20.3 Å². The first-order valence-corrected chi connectivity index (χ1v) is 10.9. The summed E-state index contributed by atoms with van der Waals surface area (Å²) in [7, 11) is -7.39. The summed E-state index contributed by atoms with van der Waals surface area (Å²) < 4.78 is 62.6. The highest BCUT2D eigenvalue weighted by molar-refractivity contribution is 8.04. The molecule has 138 valence electrons. The molecule has 0 bridgehead atoms. The van der Waals surface area contributed by atoms with E-state index >= 15 is 0 Å². The Balaban J connectivity index is 1.72. The topological polar surface area (TPSA) is 90.0 Å². The summed E-state index contributed by atoms with van der Waals surface area (Å²) in [6.45, 7) is 0.980. The lowest BCUT2D eigenvalue weighted by atomic mass is 10.2. The predicted molar refractivity (Wildman–Crippen MR) is 93.4 cm³/mol. The van der Waals surface area contributed by atoms with Crippen molar-refractivity contribution in [1.29, 1.82) is 0 Å². The molecule has 0 saturated carbocycles. The molecule has 2 aliphatic heterocycles. The first-order chi connectivity index (χ1) is 12.3. The quantitative estimate of drug-likeness (QED) is 0.781. The molecule has 0 aliphatic carbocycles. The molecule has 0 atom stereocenters. The average molecular weight is 395 g/mol. The molecule has 9 heteroatoms. The standard InChI is InChI=1S/C17H17NO6S2/c1-18(25(19,20)14-2-4-16-12(10-14)6-8-23-16)26(21,22)15-3-5-17-13(11-15)7-9-24-17/h2-5,10-11H,6-9H2,1H3. The Morgan fingerprint density at radius 1 is 0.769 bits per heavy atom. The third kappa shape index (κ3) is 2.67. The Morgan fingerprint density at radius 3 is 1.62 bits per heavy atom. The zero-order valence-corrected chi connectivity index (χ0v) is 15.6. The fourth-order valence-electron chi connectivity index (χ4n) is 3.07. The first kappa shape index (κ1) is 17.3. The molecule has 2 aromatic carbocycles. The van der Waals surface area contributed by atoms with Gasteiger partial charge in [0, 0.05) is 19.9 Å². The molecule has 0 spiro atoms. The van der Waals surface area contributed by atoms with E-state index in [-0.39, 0.29) is 9.79 Å². The Hall–Kier alpha value is -2.10. The number of fused-ring (bicyclic) bond motifs is 2. The van der Waals surface area contributed by atoms with Gasteiger partial charge in [0.2, 0.25) is 0 Å². The van der Waals surface area contributed by atoms with E-state index in [1.54, 1.807) is 12.1 Å². The second kappa shape index (κ2) is 5.97. The number of nitrogens with zero attached hydrogens (tertiary/aromatic N) is 1. The number of benzene rings is 2. The fraction of sp³-hybridized carbons (Fsp3) is 0.294. The molecule has 0 radical (unpaired) electrons. The van der Waals surface area contributed by atoms with E-state index in [1.165, 1.54) is 24.3 Å². The van der Waals surface area contributed by atoms with Crippen molar-refractivity contribution in [3.05, 3.63) is 47.5 Å². The molecule has 7 nitrogen and oxygen atoms in total. The molecule has 0 saturated heterocycles. The van der Waals surface area contributed by atoms with Crippen molar-refractivity contribution in [3.8, 4) is 11.5 Å². The van der Waals surface area contributed by atoms with Gasteiger partial charge in [-0.25, -0.2) is 16.8 Å². The molecular weight excluding hydrogens is 378 g/mol. The van der Waals surface area contributed by atoms with E-state index in [2.05, 4.69) is 0 Å². The predicted octanol–water partition coefficient (Wildman–Crippen LogP) is 1.57. The zero-order chi connectivity index (χ0) is 18.5. The summed E-state index contributed by atoms with van der Waals surface area (Å²) in [5.41, 5.74) is 1.51. The summed E-state index contributed by atoms with van der Waals surface area (Å²) >= 11 is 0. The number of hydrogen-bond donors (Lipinski definition) is 0. The minimum Gasteiger partial charge on any atom is -0.493 e. The number of ether oxygens (including phenoxy) is 2. The van der Waals surface area contributed by atoms with Crippen molar-refractivity contribution in [2.24, 2.45) is 0 Å². The third-order valence-corrected chi connectivity index (χ3v) is 8.83. The van der Waals surface area contributed by atoms with Gasteiger partial charge in [0.1, 0.15) is 11.5 Å². The van der Waals surface area contributed by atoms with Crippen LogP contribution < -0.4 is 9.47 Å². The van der Waals surface area contributed by atoms with Crippen molar-refractivity contribution in [1.82, 2.24) is 3.71 Å². The molecule has 2 aromatic rings. The molecule has 26 heavy (non-hydrogen) atoms. The maximum absolute atomic E-state index is 12.9. The van der Waals surface area contributed by atoms with Crippen LogP contribution in [-0.2, 0) is 32.9 Å². The van der Waals surface area contributed by atoms with Gasteiger partial charge in [0.05, 0.1) is 23.0 Å². The van der Waals surface area contributed by atoms with Crippen molar-refractivity contribution in [2.45, 2.75) is 22.6 Å². The molecule has 0 unspecified atom stereocenters. The van der Waals surface area contributed by atoms with Gasteiger partial charge in [-0.3, -0.25) is 0 Å². The SMILES string of the molecule is CN(S(=O)(=O)c1ccc2c(c1)CCO2)S(=O)(=O)c1ccc2c(c1)CCO2. The van der Waals surface area contributed by atoms with E-state index in [0.717, 1.165) is 18.2 Å². The Labute approximate surface area is 152 Å². The summed E-state index contributed by atoms with van der Waals surface area (Å²) in [5, 5.41) is 0. The normalized spacial score (nSPS) is 16.1. The molecule has 0 aromatic heterocycles. The average Bonchev–Trinajstić information content (AvgIpc) is 3.28. The van der Waals surface area contributed by atoms with Crippen LogP contribution in [0.3, 0.4) is 0 Å². The van der Waals surface area contributed by atoms with Gasteiger partial charge >= 0.3 is 0 Å². The number of rotatable bonds is 4. The van der Waals surface area contributed by atoms with E-state index in [0.29, 0.717) is 41.3 Å². The summed E-state index contributed by atoms with van der Waals surface area (Å²) in [6, 6.07) is 8.79. The lowest BCUT2D eigenvalue weighted by Crippen LogP contribution is -2.33. The van der Waals surface area contributed by atoms with Gasteiger partial charge in [0.25, 0.3) is 20.0 Å². The molecule has 2 heterocycles. The highest BCUT2D eigenvalue weighted by atomic mass is 32.3. The Bertz CT molecular complexity index is 1000. The van der Waals surface area contributed by atoms with Gasteiger partial charge in [-0.1, -0.05) is 3.71 Å². The van der Waals surface area contributed by atoms with Crippen LogP contribution in [0.4, 0.5) is 0 Å². The van der Waals surface area contributed by atoms with Crippen LogP contribution in [0.5, 0.6) is 11.5 Å². The molecule has 4 rings (SSSR count). The second-order valence-electron chi connectivity index (χ2n) is 6.13. The molecule has 2 aliphatic rings. The van der Waals surface area contributed by atoms with Crippen molar-refractivity contribution < 1.29 is 26.3 Å². The van der Waals surface area contributed by atoms with Gasteiger partial charge in [-0.2, -0.15) is 0 Å². The van der Waals surface area contributed by atoms with E-state index in [4.69, 9.17) is 9.47 Å². The van der Waals surface area contributed by atoms with Crippen LogP contribution in [0, 0.1) is 0 Å². The third-order valence-electron chi connectivity index (χ3n) is 4.59. The molecule has 0 N–H and O–H groups in total. The fourth-order valence-corrected chi connectivity index (χ4v) is 6.28. The summed E-state index contributed by atoms with van der Waals surface area (Å²) in [5.74, 6) is 1.26. The minimum atomic E-state index is -4.22. The van der Waals surface area contributed by atoms with Gasteiger partial charge in [-0.15, -0.1) is 0 Å². The van der Waals surface area contributed by atoms with Crippen molar-refractivity contribution in [3.63, 3.8) is 0 Å². The van der Waals surface area contributed by atoms with Crippen LogP contribution in [-0.4, -0.2) is 40.8 Å². The van der Waals surface area contributed by atoms with E-state index < -0.39 is 20.0 Å². The van der Waals surface area contributed by atoms with Gasteiger partial charge in [0.15, 0.2) is 0 Å². The highest BCUT2D eigenvalue weighted by Gasteiger charge is 2.34. The molecular formula is C17H17NO6S2. The lowest BCUT2D eigenvalue weighted by Gasteiger charge is -2.18. The zero-order valence-electron chi connectivity index (χ0n) is 14.0. The summed E-state index contributed by atoms with van der Waals surface area (Å²) in [6.07, 6.45) is 1.19. The van der Waals surface area contributed by atoms with Crippen LogP contribution in [0.1, 0.15) is 11.1 Å². The number of sulfonamides is 2. The van der Waals surface area contributed by atoms with Crippen LogP contribution in [0.15, 0.2) is 46.2 Å². The van der Waals surface area contributed by atoms with Crippen LogP contribution in [0.2, 0.25) is 0 Å². The maximum Gasteiger partial charge on any atom is 0.256 e. The smallest absolute Gasteiger partial charge is 0.256 e. The van der Waals surface area contributed by atoms with Crippen molar-refractivity contribution >= 4 is 20.0 Å². The van der Waals surface area contributed by atoms with Gasteiger partial charge in [-0.05, 0) is 47.5 Å². The molecule has 0 fully saturated rings. The summed E-state index contributed by atoms with van der Waals surface area (Å²) in [4.78, 5) is -0.144. The lowest BCUT2D eigenvalue weighted by molar-refractivity contribution is 0.356. The van der Waals surface area contributed by atoms with Crippen LogP contribution >= 0.6 is 0 Å². The van der Waals surface area contributed by atoms with Gasteiger partial charge < -0.3 is 9.47 Å². The highest BCUT2D eigenvalue weighted by Crippen LogP contribution is 2.32. The minimum absolute atomic E-state index is 0.0719. The Kier molecular flexibility index (Phi) is 3.98. The van der Waals surface area contributed by atoms with Crippen LogP contribution in [0.25, 0.3) is 0 Å². The monoisotopic (exact) mass is 395 g/mol. The Morgan fingerprint density at radius 2 is 1.19 bits per heavy atom. The first-order valence-electron chi connectivity index (χ1n) is 8.06. The maximum atomic E-state index is 12.9. The molecule has 0 amide bonds.